The number of amides is 2. The molecule has 5 rings (SSSR count). The van der Waals surface area contributed by atoms with Gasteiger partial charge in [-0.05, 0) is 56.9 Å². The van der Waals surface area contributed by atoms with Gasteiger partial charge in [0.15, 0.2) is 5.65 Å². The highest BCUT2D eigenvalue weighted by Gasteiger charge is 2.34. The van der Waals surface area contributed by atoms with Crippen LogP contribution in [-0.2, 0) is 4.79 Å². The van der Waals surface area contributed by atoms with Crippen molar-refractivity contribution in [1.82, 2.24) is 24.4 Å². The minimum atomic E-state index is -0.132. The van der Waals surface area contributed by atoms with E-state index in [1.54, 1.807) is 0 Å². The first kappa shape index (κ1) is 20.7. The third-order valence-corrected chi connectivity index (χ3v) is 6.79. The number of aromatic nitrogens is 3. The predicted octanol–water partition coefficient (Wildman–Crippen LogP) is 3.30. The van der Waals surface area contributed by atoms with E-state index < -0.39 is 0 Å². The zero-order chi connectivity index (χ0) is 22.1. The van der Waals surface area contributed by atoms with Gasteiger partial charge in [0.2, 0.25) is 5.91 Å². The molecule has 0 N–H and O–H groups in total. The topological polar surface area (TPSA) is 70.8 Å². The highest BCUT2D eigenvalue weighted by atomic mass is 16.2. The van der Waals surface area contributed by atoms with E-state index in [0.29, 0.717) is 25.2 Å². The smallest absolute Gasteiger partial charge is 0.253 e. The summed E-state index contributed by atoms with van der Waals surface area (Å²) >= 11 is 0. The Kier molecular flexibility index (Phi) is 5.64. The van der Waals surface area contributed by atoms with Gasteiger partial charge in [-0.2, -0.15) is 0 Å². The Labute approximate surface area is 188 Å². The molecule has 0 bridgehead atoms. The molecule has 2 fully saturated rings. The van der Waals surface area contributed by atoms with Gasteiger partial charge in [-0.3, -0.25) is 14.0 Å². The maximum atomic E-state index is 13.4. The van der Waals surface area contributed by atoms with Crippen molar-refractivity contribution in [3.05, 3.63) is 65.6 Å². The molecule has 7 nitrogen and oxygen atoms in total. The largest absolute Gasteiger partial charge is 0.342 e. The fourth-order valence-electron chi connectivity index (χ4n) is 5.03. The van der Waals surface area contributed by atoms with Gasteiger partial charge < -0.3 is 9.80 Å². The van der Waals surface area contributed by atoms with Crippen molar-refractivity contribution in [2.45, 2.75) is 38.5 Å². The van der Waals surface area contributed by atoms with Crippen LogP contribution in [0.1, 0.15) is 53.3 Å². The third-order valence-electron chi connectivity index (χ3n) is 6.79. The van der Waals surface area contributed by atoms with E-state index in [1.807, 2.05) is 69.8 Å². The SMILES string of the molecule is Cc1ccc(C(=O)N2CCC[C@H](C(=O)N3CCC[C@H](c4nnc5ccccn45)C3)C2)cc1. The summed E-state index contributed by atoms with van der Waals surface area (Å²) in [5.74, 6) is 1.17. The number of hydrogen-bond donors (Lipinski definition) is 0. The molecule has 2 saturated heterocycles. The summed E-state index contributed by atoms with van der Waals surface area (Å²) < 4.78 is 2.03. The molecule has 0 radical (unpaired) electrons. The molecule has 0 unspecified atom stereocenters. The summed E-state index contributed by atoms with van der Waals surface area (Å²) in [6.07, 6.45) is 5.64. The van der Waals surface area contributed by atoms with Crippen molar-refractivity contribution in [2.24, 2.45) is 5.92 Å². The molecule has 0 saturated carbocycles. The number of piperidine rings is 2. The summed E-state index contributed by atoms with van der Waals surface area (Å²) in [6.45, 7) is 4.66. The number of carbonyl (C=O) groups is 2. The van der Waals surface area contributed by atoms with Crippen molar-refractivity contribution in [3.63, 3.8) is 0 Å². The number of hydrogen-bond acceptors (Lipinski definition) is 4. The van der Waals surface area contributed by atoms with Crippen molar-refractivity contribution in [1.29, 1.82) is 0 Å². The van der Waals surface area contributed by atoms with Crippen molar-refractivity contribution < 1.29 is 9.59 Å². The lowest BCUT2D eigenvalue weighted by Gasteiger charge is -2.38. The number of benzene rings is 1. The van der Waals surface area contributed by atoms with Crippen molar-refractivity contribution in [3.8, 4) is 0 Å². The van der Waals surface area contributed by atoms with Gasteiger partial charge in [0.05, 0.1) is 5.92 Å². The van der Waals surface area contributed by atoms with Gasteiger partial charge in [0, 0.05) is 43.9 Å². The van der Waals surface area contributed by atoms with E-state index in [4.69, 9.17) is 0 Å². The summed E-state index contributed by atoms with van der Waals surface area (Å²) in [7, 11) is 0. The Hall–Kier alpha value is -3.22. The lowest BCUT2D eigenvalue weighted by Crippen LogP contribution is -2.49. The fourth-order valence-corrected chi connectivity index (χ4v) is 5.03. The Morgan fingerprint density at radius 1 is 0.906 bits per heavy atom. The highest BCUT2D eigenvalue weighted by molar-refractivity contribution is 5.94. The van der Waals surface area contributed by atoms with Crippen molar-refractivity contribution in [2.75, 3.05) is 26.2 Å². The normalized spacial score (nSPS) is 21.7. The first-order valence-corrected chi connectivity index (χ1v) is 11.5. The minimum Gasteiger partial charge on any atom is -0.342 e. The fraction of sp³-hybridized carbons (Fsp3) is 0.440. The quantitative estimate of drug-likeness (QED) is 0.638. The number of pyridine rings is 1. The van der Waals surface area contributed by atoms with Crippen LogP contribution in [0.2, 0.25) is 0 Å². The van der Waals surface area contributed by atoms with E-state index in [-0.39, 0.29) is 23.7 Å². The molecule has 1 aromatic carbocycles. The van der Waals surface area contributed by atoms with E-state index in [0.717, 1.165) is 49.3 Å². The molecular formula is C25H29N5O2. The molecule has 0 aliphatic carbocycles. The van der Waals surface area contributed by atoms with Crippen molar-refractivity contribution >= 4 is 17.5 Å². The van der Waals surface area contributed by atoms with E-state index in [2.05, 4.69) is 10.2 Å². The van der Waals surface area contributed by atoms with Gasteiger partial charge in [0.25, 0.3) is 5.91 Å². The zero-order valence-electron chi connectivity index (χ0n) is 18.5. The lowest BCUT2D eigenvalue weighted by molar-refractivity contribution is -0.138. The molecule has 2 aromatic heterocycles. The zero-order valence-corrected chi connectivity index (χ0v) is 18.5. The summed E-state index contributed by atoms with van der Waals surface area (Å²) in [6, 6.07) is 13.6. The molecule has 0 spiro atoms. The van der Waals surface area contributed by atoms with Crippen LogP contribution in [0.25, 0.3) is 5.65 Å². The number of likely N-dealkylation sites (tertiary alicyclic amines) is 2. The number of nitrogens with zero attached hydrogens (tertiary/aromatic N) is 5. The van der Waals surface area contributed by atoms with Crippen LogP contribution in [0.15, 0.2) is 48.7 Å². The van der Waals surface area contributed by atoms with Gasteiger partial charge in [-0.1, -0.05) is 23.8 Å². The summed E-state index contributed by atoms with van der Waals surface area (Å²) in [5.41, 5.74) is 2.66. The van der Waals surface area contributed by atoms with Gasteiger partial charge in [-0.15, -0.1) is 10.2 Å². The van der Waals surface area contributed by atoms with Gasteiger partial charge >= 0.3 is 0 Å². The second kappa shape index (κ2) is 8.73. The van der Waals surface area contributed by atoms with Crippen LogP contribution >= 0.6 is 0 Å². The van der Waals surface area contributed by atoms with E-state index in [9.17, 15) is 9.59 Å². The van der Waals surface area contributed by atoms with E-state index >= 15 is 0 Å². The van der Waals surface area contributed by atoms with Crippen LogP contribution in [0.3, 0.4) is 0 Å². The molecule has 3 aromatic rings. The maximum Gasteiger partial charge on any atom is 0.253 e. The molecule has 166 valence electrons. The van der Waals surface area contributed by atoms with Crippen LogP contribution in [-0.4, -0.2) is 62.4 Å². The molecule has 2 aliphatic heterocycles. The molecule has 2 amide bonds. The third kappa shape index (κ3) is 3.99. The second-order valence-corrected chi connectivity index (χ2v) is 9.07. The van der Waals surface area contributed by atoms with Crippen LogP contribution in [0.4, 0.5) is 0 Å². The number of rotatable bonds is 3. The predicted molar refractivity (Wildman–Crippen MR) is 121 cm³/mol. The van der Waals surface area contributed by atoms with Crippen LogP contribution < -0.4 is 0 Å². The average Bonchev–Trinajstić information content (AvgIpc) is 3.28. The first-order valence-electron chi connectivity index (χ1n) is 11.5. The number of carbonyl (C=O) groups excluding carboxylic acids is 2. The Morgan fingerprint density at radius 2 is 1.69 bits per heavy atom. The average molecular weight is 432 g/mol. The summed E-state index contributed by atoms with van der Waals surface area (Å²) in [5, 5.41) is 8.70. The first-order chi connectivity index (χ1) is 15.6. The molecule has 32 heavy (non-hydrogen) atoms. The summed E-state index contributed by atoms with van der Waals surface area (Å²) in [4.78, 5) is 30.2. The highest BCUT2D eigenvalue weighted by Crippen LogP contribution is 2.29. The standard InChI is InChI=1S/C25H29N5O2/c1-18-9-11-19(12-10-18)24(31)29-14-5-7-21(17-29)25(32)28-13-4-6-20(16-28)23-27-26-22-8-2-3-15-30(22)23/h2-3,8-12,15,20-21H,4-7,13-14,16-17H2,1H3/t20-,21-/m0/s1. The van der Waals surface area contributed by atoms with Crippen LogP contribution in [0.5, 0.6) is 0 Å². The number of aryl methyl sites for hydroxylation is 1. The molecule has 2 atom stereocenters. The number of fused-ring (bicyclic) bond motifs is 1. The van der Waals surface area contributed by atoms with Crippen LogP contribution in [0, 0.1) is 12.8 Å². The Balaban J connectivity index is 1.27. The molecule has 7 heteroatoms. The molecule has 4 heterocycles. The van der Waals surface area contributed by atoms with Gasteiger partial charge in [-0.25, -0.2) is 0 Å². The Morgan fingerprint density at radius 3 is 2.53 bits per heavy atom. The second-order valence-electron chi connectivity index (χ2n) is 9.07. The van der Waals surface area contributed by atoms with Gasteiger partial charge in [0.1, 0.15) is 5.82 Å². The monoisotopic (exact) mass is 431 g/mol. The maximum absolute atomic E-state index is 13.4. The Bertz CT molecular complexity index is 1120. The lowest BCUT2D eigenvalue weighted by atomic mass is 9.92. The van der Waals surface area contributed by atoms with E-state index in [1.165, 1.54) is 0 Å². The molecule has 2 aliphatic rings. The molecular weight excluding hydrogens is 402 g/mol. The minimum absolute atomic E-state index is 0.0222.